The number of ether oxygens (including phenoxy) is 1. The van der Waals surface area contributed by atoms with Gasteiger partial charge in [-0.25, -0.2) is 9.18 Å². The lowest BCUT2D eigenvalue weighted by Gasteiger charge is -2.18. The number of benzene rings is 2. The Balaban J connectivity index is 1.86. The number of rotatable bonds is 6. The SMILES string of the molecule is CC(=O)c1cc(C(=O)O[C@H](C(=O)Nc2ccc(F)cc2)c2ccccc2)n(C)c1. The lowest BCUT2D eigenvalue weighted by atomic mass is 10.1. The van der Waals surface area contributed by atoms with Crippen molar-refractivity contribution in [2.45, 2.75) is 13.0 Å². The van der Waals surface area contributed by atoms with Gasteiger partial charge in [0.25, 0.3) is 5.91 Å². The maximum Gasteiger partial charge on any atom is 0.356 e. The van der Waals surface area contributed by atoms with Crippen LogP contribution in [-0.2, 0) is 16.6 Å². The van der Waals surface area contributed by atoms with Gasteiger partial charge in [0.05, 0.1) is 0 Å². The molecule has 1 heterocycles. The monoisotopic (exact) mass is 394 g/mol. The molecule has 3 aromatic rings. The molecule has 0 aliphatic rings. The van der Waals surface area contributed by atoms with Crippen LogP contribution < -0.4 is 5.32 Å². The highest BCUT2D eigenvalue weighted by Crippen LogP contribution is 2.22. The topological polar surface area (TPSA) is 77.4 Å². The molecular weight excluding hydrogens is 375 g/mol. The molecule has 0 bridgehead atoms. The molecule has 29 heavy (non-hydrogen) atoms. The molecule has 0 aliphatic carbocycles. The van der Waals surface area contributed by atoms with E-state index in [1.54, 1.807) is 37.4 Å². The number of esters is 1. The van der Waals surface area contributed by atoms with Crippen LogP contribution in [0.1, 0.15) is 39.4 Å². The third-order valence-corrected chi connectivity index (χ3v) is 4.30. The predicted molar refractivity (Wildman–Crippen MR) is 105 cm³/mol. The molecule has 0 radical (unpaired) electrons. The van der Waals surface area contributed by atoms with Gasteiger partial charge in [0, 0.05) is 30.1 Å². The van der Waals surface area contributed by atoms with Gasteiger partial charge >= 0.3 is 5.97 Å². The molecule has 0 spiro atoms. The molecule has 1 N–H and O–H groups in total. The fraction of sp³-hybridized carbons (Fsp3) is 0.136. The molecule has 0 aliphatic heterocycles. The second-order valence-corrected chi connectivity index (χ2v) is 6.47. The van der Waals surface area contributed by atoms with Crippen molar-refractivity contribution >= 4 is 23.3 Å². The van der Waals surface area contributed by atoms with Gasteiger partial charge in [0.2, 0.25) is 6.10 Å². The van der Waals surface area contributed by atoms with Crippen molar-refractivity contribution in [3.05, 3.63) is 89.5 Å². The van der Waals surface area contributed by atoms with Crippen molar-refractivity contribution in [2.75, 3.05) is 5.32 Å². The van der Waals surface area contributed by atoms with Crippen molar-refractivity contribution in [1.29, 1.82) is 0 Å². The van der Waals surface area contributed by atoms with E-state index >= 15 is 0 Å². The Morgan fingerprint density at radius 3 is 2.28 bits per heavy atom. The van der Waals surface area contributed by atoms with Crippen LogP contribution >= 0.6 is 0 Å². The summed E-state index contributed by atoms with van der Waals surface area (Å²) in [6.07, 6.45) is 0.291. The highest BCUT2D eigenvalue weighted by molar-refractivity contribution is 6.00. The summed E-state index contributed by atoms with van der Waals surface area (Å²) in [5.41, 5.74) is 1.35. The summed E-state index contributed by atoms with van der Waals surface area (Å²) < 4.78 is 20.1. The van der Waals surface area contributed by atoms with Crippen LogP contribution in [0.15, 0.2) is 66.9 Å². The number of hydrogen-bond donors (Lipinski definition) is 1. The quantitative estimate of drug-likeness (QED) is 0.508. The van der Waals surface area contributed by atoms with Crippen LogP contribution in [0, 0.1) is 5.82 Å². The number of ketones is 1. The number of carbonyl (C=O) groups excluding carboxylic acids is 3. The third-order valence-electron chi connectivity index (χ3n) is 4.30. The van der Waals surface area contributed by atoms with E-state index < -0.39 is 23.8 Å². The first-order valence-corrected chi connectivity index (χ1v) is 8.85. The van der Waals surface area contributed by atoms with Crippen molar-refractivity contribution in [2.24, 2.45) is 7.05 Å². The summed E-state index contributed by atoms with van der Waals surface area (Å²) in [5.74, 6) is -1.95. The summed E-state index contributed by atoms with van der Waals surface area (Å²) >= 11 is 0. The maximum atomic E-state index is 13.1. The van der Waals surface area contributed by atoms with E-state index in [4.69, 9.17) is 4.74 Å². The van der Waals surface area contributed by atoms with Crippen LogP contribution in [0.4, 0.5) is 10.1 Å². The minimum atomic E-state index is -1.23. The van der Waals surface area contributed by atoms with Gasteiger partial charge in [-0.2, -0.15) is 0 Å². The molecule has 1 amide bonds. The second kappa shape index (κ2) is 8.52. The van der Waals surface area contributed by atoms with Gasteiger partial charge in [0.15, 0.2) is 5.78 Å². The van der Waals surface area contributed by atoms with Crippen LogP contribution in [0.3, 0.4) is 0 Å². The second-order valence-electron chi connectivity index (χ2n) is 6.47. The number of Topliss-reactive ketones (excluding diaryl/α,β-unsaturated/α-hetero) is 1. The van der Waals surface area contributed by atoms with Crippen LogP contribution in [0.5, 0.6) is 0 Å². The van der Waals surface area contributed by atoms with E-state index in [-0.39, 0.29) is 11.5 Å². The molecule has 1 aromatic heterocycles. The number of aryl methyl sites for hydroxylation is 1. The summed E-state index contributed by atoms with van der Waals surface area (Å²) in [4.78, 5) is 37.1. The third kappa shape index (κ3) is 4.76. The van der Waals surface area contributed by atoms with Gasteiger partial charge in [-0.3, -0.25) is 9.59 Å². The smallest absolute Gasteiger partial charge is 0.356 e. The number of aromatic nitrogens is 1. The fourth-order valence-electron chi connectivity index (χ4n) is 2.77. The van der Waals surface area contributed by atoms with E-state index in [1.807, 2.05) is 0 Å². The number of nitrogens with one attached hydrogen (secondary N) is 1. The largest absolute Gasteiger partial charge is 0.443 e. The van der Waals surface area contributed by atoms with Crippen LogP contribution in [0.2, 0.25) is 0 Å². The molecule has 3 rings (SSSR count). The van der Waals surface area contributed by atoms with Crippen LogP contribution in [0.25, 0.3) is 0 Å². The number of amides is 1. The van der Waals surface area contributed by atoms with Crippen molar-refractivity contribution in [3.63, 3.8) is 0 Å². The molecule has 0 saturated carbocycles. The molecule has 1 atom stereocenters. The Labute approximate surface area is 166 Å². The Morgan fingerprint density at radius 1 is 1.03 bits per heavy atom. The van der Waals surface area contributed by atoms with Crippen molar-refractivity contribution < 1.29 is 23.5 Å². The zero-order chi connectivity index (χ0) is 21.0. The summed E-state index contributed by atoms with van der Waals surface area (Å²) in [5, 5.41) is 2.62. The summed E-state index contributed by atoms with van der Waals surface area (Å²) in [7, 11) is 1.61. The maximum absolute atomic E-state index is 13.1. The lowest BCUT2D eigenvalue weighted by Crippen LogP contribution is -2.26. The van der Waals surface area contributed by atoms with E-state index in [0.717, 1.165) is 0 Å². The number of nitrogens with zero attached hydrogens (tertiary/aromatic N) is 1. The fourth-order valence-corrected chi connectivity index (χ4v) is 2.77. The standard InChI is InChI=1S/C22H19FN2O4/c1-14(26)16-12-19(25(2)13-16)22(28)29-20(15-6-4-3-5-7-15)21(27)24-18-10-8-17(23)9-11-18/h3-13,20H,1-2H3,(H,24,27)/t20-/m0/s1. The zero-order valence-corrected chi connectivity index (χ0v) is 15.9. The average Bonchev–Trinajstić information content (AvgIpc) is 3.10. The lowest BCUT2D eigenvalue weighted by molar-refractivity contribution is -0.125. The number of carbonyl (C=O) groups is 3. The van der Waals surface area contributed by atoms with Gasteiger partial charge in [0.1, 0.15) is 11.5 Å². The van der Waals surface area contributed by atoms with Gasteiger partial charge in [-0.05, 0) is 37.3 Å². The van der Waals surface area contributed by atoms with E-state index in [0.29, 0.717) is 16.8 Å². The van der Waals surface area contributed by atoms with Crippen molar-refractivity contribution in [1.82, 2.24) is 4.57 Å². The Kier molecular flexibility index (Phi) is 5.87. The molecular formula is C22H19FN2O4. The normalized spacial score (nSPS) is 11.6. The molecule has 0 saturated heterocycles. The number of anilines is 1. The van der Waals surface area contributed by atoms with Crippen molar-refractivity contribution in [3.8, 4) is 0 Å². The first-order valence-electron chi connectivity index (χ1n) is 8.85. The zero-order valence-electron chi connectivity index (χ0n) is 15.9. The first kappa shape index (κ1) is 20.0. The molecule has 0 fully saturated rings. The molecule has 2 aromatic carbocycles. The number of hydrogen-bond acceptors (Lipinski definition) is 4. The average molecular weight is 394 g/mol. The highest BCUT2D eigenvalue weighted by atomic mass is 19.1. The van der Waals surface area contributed by atoms with Gasteiger partial charge < -0.3 is 14.6 Å². The molecule has 148 valence electrons. The van der Waals surface area contributed by atoms with E-state index in [9.17, 15) is 18.8 Å². The minimum Gasteiger partial charge on any atom is -0.443 e. The minimum absolute atomic E-state index is 0.144. The van der Waals surface area contributed by atoms with Crippen LogP contribution in [-0.4, -0.2) is 22.2 Å². The highest BCUT2D eigenvalue weighted by Gasteiger charge is 2.27. The van der Waals surface area contributed by atoms with E-state index in [1.165, 1.54) is 48.0 Å². The molecule has 6 nitrogen and oxygen atoms in total. The Bertz CT molecular complexity index is 1040. The summed E-state index contributed by atoms with van der Waals surface area (Å²) in [6.45, 7) is 1.40. The Hall–Kier alpha value is -3.74. The summed E-state index contributed by atoms with van der Waals surface area (Å²) in [6, 6.07) is 15.2. The van der Waals surface area contributed by atoms with E-state index in [2.05, 4.69) is 5.32 Å². The molecule has 7 heteroatoms. The Morgan fingerprint density at radius 2 is 1.69 bits per heavy atom. The first-order chi connectivity index (χ1) is 13.8. The molecule has 0 unspecified atom stereocenters. The van der Waals surface area contributed by atoms with Gasteiger partial charge in [-0.1, -0.05) is 30.3 Å². The predicted octanol–water partition coefficient (Wildman–Crippen LogP) is 3.90. The number of halogens is 1. The van der Waals surface area contributed by atoms with Gasteiger partial charge in [-0.15, -0.1) is 0 Å².